The average Bonchev–Trinajstić information content (AvgIpc) is 1.99. The average molecular weight is 167 g/mol. The van der Waals surface area contributed by atoms with E-state index in [1.165, 1.54) is 32.5 Å². The van der Waals surface area contributed by atoms with Crippen LogP contribution in [0.5, 0.6) is 0 Å². The van der Waals surface area contributed by atoms with E-state index in [0.717, 1.165) is 5.92 Å². The van der Waals surface area contributed by atoms with Crippen molar-refractivity contribution in [1.82, 2.24) is 4.90 Å². The van der Waals surface area contributed by atoms with Gasteiger partial charge in [-0.25, -0.2) is 0 Å². The van der Waals surface area contributed by atoms with E-state index in [0.29, 0.717) is 0 Å². The molecule has 0 fully saturated rings. The largest absolute Gasteiger partial charge is 0.299 e. The third-order valence-corrected chi connectivity index (χ3v) is 2.42. The first-order valence-electron chi connectivity index (χ1n) is 5.12. The lowest BCUT2D eigenvalue weighted by atomic mass is 10.0. The molecule has 0 bridgehead atoms. The van der Waals surface area contributed by atoms with Gasteiger partial charge in [-0.2, -0.15) is 0 Å². The minimum atomic E-state index is 0.760. The molecule has 1 heterocycles. The number of rotatable bonds is 3. The molecule has 0 aromatic heterocycles. The van der Waals surface area contributed by atoms with Gasteiger partial charge in [-0.1, -0.05) is 31.9 Å². The van der Waals surface area contributed by atoms with E-state index in [2.05, 4.69) is 31.7 Å². The van der Waals surface area contributed by atoms with Gasteiger partial charge in [0.05, 0.1) is 0 Å². The molecule has 0 N–H and O–H groups in total. The minimum Gasteiger partial charge on any atom is -0.299 e. The predicted molar refractivity (Wildman–Crippen MR) is 54.3 cm³/mol. The molecule has 0 aromatic rings. The van der Waals surface area contributed by atoms with Crippen molar-refractivity contribution in [2.75, 3.05) is 19.6 Å². The highest BCUT2D eigenvalue weighted by Gasteiger charge is 2.13. The monoisotopic (exact) mass is 167 g/mol. The van der Waals surface area contributed by atoms with Crippen LogP contribution in [-0.2, 0) is 0 Å². The molecule has 1 rings (SSSR count). The van der Waals surface area contributed by atoms with Crippen LogP contribution in [0.4, 0.5) is 0 Å². The van der Waals surface area contributed by atoms with Crippen molar-refractivity contribution < 1.29 is 0 Å². The van der Waals surface area contributed by atoms with Crippen molar-refractivity contribution in [1.29, 1.82) is 0 Å². The lowest BCUT2D eigenvalue weighted by Crippen LogP contribution is -2.34. The molecule has 0 aromatic carbocycles. The smallest absolute Gasteiger partial charge is 0.0190 e. The van der Waals surface area contributed by atoms with Crippen molar-refractivity contribution in [2.24, 2.45) is 5.92 Å². The summed E-state index contributed by atoms with van der Waals surface area (Å²) in [7, 11) is 0. The molecule has 1 heteroatoms. The van der Waals surface area contributed by atoms with Crippen molar-refractivity contribution in [2.45, 2.75) is 33.6 Å². The molecule has 1 aliphatic heterocycles. The van der Waals surface area contributed by atoms with Crippen molar-refractivity contribution in [3.05, 3.63) is 11.6 Å². The van der Waals surface area contributed by atoms with E-state index in [1.54, 1.807) is 5.57 Å². The molecule has 0 spiro atoms. The van der Waals surface area contributed by atoms with E-state index < -0.39 is 0 Å². The summed E-state index contributed by atoms with van der Waals surface area (Å²) < 4.78 is 0. The lowest BCUT2D eigenvalue weighted by molar-refractivity contribution is 0.255. The van der Waals surface area contributed by atoms with Crippen LogP contribution in [-0.4, -0.2) is 24.5 Å². The molecule has 1 unspecified atom stereocenters. The van der Waals surface area contributed by atoms with Crippen molar-refractivity contribution in [3.63, 3.8) is 0 Å². The standard InChI is InChI=1S/C11H21N/c1-4-5-6-12-8-10(2)7-11(3)9-12/h7,10H,4-6,8-9H2,1-3H3. The van der Waals surface area contributed by atoms with Crippen LogP contribution in [0.3, 0.4) is 0 Å². The second kappa shape index (κ2) is 4.66. The van der Waals surface area contributed by atoms with Crippen LogP contribution in [0.1, 0.15) is 33.6 Å². The van der Waals surface area contributed by atoms with Crippen molar-refractivity contribution >= 4 is 0 Å². The normalized spacial score (nSPS) is 25.6. The molecule has 70 valence electrons. The Morgan fingerprint density at radius 2 is 2.33 bits per heavy atom. The first kappa shape index (κ1) is 9.79. The van der Waals surface area contributed by atoms with Gasteiger partial charge in [0.1, 0.15) is 0 Å². The summed E-state index contributed by atoms with van der Waals surface area (Å²) in [5.41, 5.74) is 1.55. The Hall–Kier alpha value is -0.300. The van der Waals surface area contributed by atoms with E-state index in [1.807, 2.05) is 0 Å². The zero-order chi connectivity index (χ0) is 8.97. The highest BCUT2D eigenvalue weighted by atomic mass is 15.1. The molecular weight excluding hydrogens is 146 g/mol. The highest BCUT2D eigenvalue weighted by molar-refractivity contribution is 5.07. The van der Waals surface area contributed by atoms with Gasteiger partial charge in [0.2, 0.25) is 0 Å². The van der Waals surface area contributed by atoms with Gasteiger partial charge in [-0.05, 0) is 25.8 Å². The number of unbranched alkanes of at least 4 members (excludes halogenated alkanes) is 1. The number of hydrogen-bond donors (Lipinski definition) is 0. The summed E-state index contributed by atoms with van der Waals surface area (Å²) in [6.07, 6.45) is 5.07. The Balaban J connectivity index is 2.34. The van der Waals surface area contributed by atoms with Crippen LogP contribution < -0.4 is 0 Å². The molecule has 0 radical (unpaired) electrons. The molecule has 1 aliphatic rings. The van der Waals surface area contributed by atoms with E-state index in [4.69, 9.17) is 0 Å². The zero-order valence-corrected chi connectivity index (χ0v) is 8.64. The second-order valence-corrected chi connectivity index (χ2v) is 4.08. The first-order chi connectivity index (χ1) is 5.72. The summed E-state index contributed by atoms with van der Waals surface area (Å²) in [4.78, 5) is 2.57. The molecule has 12 heavy (non-hydrogen) atoms. The predicted octanol–water partition coefficient (Wildman–Crippen LogP) is 2.68. The van der Waals surface area contributed by atoms with Crippen molar-refractivity contribution in [3.8, 4) is 0 Å². The zero-order valence-electron chi connectivity index (χ0n) is 8.64. The maximum atomic E-state index is 2.57. The highest BCUT2D eigenvalue weighted by Crippen LogP contribution is 2.14. The maximum absolute atomic E-state index is 2.57. The Bertz CT molecular complexity index is 160. The second-order valence-electron chi connectivity index (χ2n) is 4.08. The van der Waals surface area contributed by atoms with Gasteiger partial charge < -0.3 is 0 Å². The van der Waals surface area contributed by atoms with Gasteiger partial charge in [0.15, 0.2) is 0 Å². The summed E-state index contributed by atoms with van der Waals surface area (Å²) in [5.74, 6) is 0.760. The number of nitrogens with zero attached hydrogens (tertiary/aromatic N) is 1. The van der Waals surface area contributed by atoms with Gasteiger partial charge >= 0.3 is 0 Å². The molecule has 0 amide bonds. The molecular formula is C11H21N. The minimum absolute atomic E-state index is 0.760. The quantitative estimate of drug-likeness (QED) is 0.584. The summed E-state index contributed by atoms with van der Waals surface area (Å²) in [6.45, 7) is 10.6. The molecule has 1 atom stereocenters. The van der Waals surface area contributed by atoms with Gasteiger partial charge in [0, 0.05) is 13.1 Å². The van der Waals surface area contributed by atoms with E-state index in [9.17, 15) is 0 Å². The summed E-state index contributed by atoms with van der Waals surface area (Å²) in [6, 6.07) is 0. The Morgan fingerprint density at radius 3 is 2.92 bits per heavy atom. The Labute approximate surface area is 76.5 Å². The van der Waals surface area contributed by atoms with Gasteiger partial charge in [-0.3, -0.25) is 4.90 Å². The third kappa shape index (κ3) is 2.98. The first-order valence-corrected chi connectivity index (χ1v) is 5.12. The fourth-order valence-electron chi connectivity index (χ4n) is 1.97. The molecule has 0 aliphatic carbocycles. The van der Waals surface area contributed by atoms with Crippen LogP contribution in [0.15, 0.2) is 11.6 Å². The molecule has 1 nitrogen and oxygen atoms in total. The van der Waals surface area contributed by atoms with Crippen LogP contribution in [0.25, 0.3) is 0 Å². The molecule has 0 saturated heterocycles. The fraction of sp³-hybridized carbons (Fsp3) is 0.818. The molecule has 0 saturated carbocycles. The summed E-state index contributed by atoms with van der Waals surface area (Å²) >= 11 is 0. The topological polar surface area (TPSA) is 3.24 Å². The van der Waals surface area contributed by atoms with Crippen LogP contribution in [0, 0.1) is 5.92 Å². The van der Waals surface area contributed by atoms with Crippen LogP contribution in [0.2, 0.25) is 0 Å². The Kier molecular flexibility index (Phi) is 3.80. The van der Waals surface area contributed by atoms with Gasteiger partial charge in [0.25, 0.3) is 0 Å². The van der Waals surface area contributed by atoms with E-state index >= 15 is 0 Å². The summed E-state index contributed by atoms with van der Waals surface area (Å²) in [5, 5.41) is 0. The van der Waals surface area contributed by atoms with Gasteiger partial charge in [-0.15, -0.1) is 0 Å². The van der Waals surface area contributed by atoms with E-state index in [-0.39, 0.29) is 0 Å². The fourth-order valence-corrected chi connectivity index (χ4v) is 1.97. The lowest BCUT2D eigenvalue weighted by Gasteiger charge is -2.29. The van der Waals surface area contributed by atoms with Crippen LogP contribution >= 0.6 is 0 Å². The maximum Gasteiger partial charge on any atom is 0.0190 e. The SMILES string of the molecule is CCCCN1CC(C)=CC(C)C1. The number of hydrogen-bond acceptors (Lipinski definition) is 1. The third-order valence-electron chi connectivity index (χ3n) is 2.42. The Morgan fingerprint density at radius 1 is 1.58 bits per heavy atom.